The Morgan fingerprint density at radius 3 is 2.65 bits per heavy atom. The van der Waals surface area contributed by atoms with E-state index in [9.17, 15) is 4.79 Å². The van der Waals surface area contributed by atoms with E-state index < -0.39 is 0 Å². The predicted octanol–water partition coefficient (Wildman–Crippen LogP) is 1.80. The number of aromatic nitrogens is 3. The second kappa shape index (κ2) is 5.32. The molecule has 0 fully saturated rings. The summed E-state index contributed by atoms with van der Waals surface area (Å²) in [6.07, 6.45) is 1.44. The van der Waals surface area contributed by atoms with Crippen molar-refractivity contribution < 1.29 is 4.79 Å². The topological polar surface area (TPSA) is 85.8 Å². The number of hydrogen-bond donors (Lipinski definition) is 2. The first-order valence-corrected chi connectivity index (χ1v) is 6.40. The highest BCUT2D eigenvalue weighted by molar-refractivity contribution is 5.91. The molecule has 0 spiro atoms. The van der Waals surface area contributed by atoms with Crippen LogP contribution in [0.5, 0.6) is 0 Å². The number of nitrogen functional groups attached to an aromatic ring is 1. The number of hydrogen-bond acceptors (Lipinski definition) is 4. The molecule has 3 N–H and O–H groups in total. The SMILES string of the molecule is CC(C)(C)c1ccccc1NC(=O)Cn1cnc(N)n1. The fourth-order valence-electron chi connectivity index (χ4n) is 1.97. The van der Waals surface area contributed by atoms with Crippen molar-refractivity contribution in [1.29, 1.82) is 0 Å². The Labute approximate surface area is 118 Å². The lowest BCUT2D eigenvalue weighted by molar-refractivity contribution is -0.116. The van der Waals surface area contributed by atoms with E-state index in [2.05, 4.69) is 36.2 Å². The van der Waals surface area contributed by atoms with E-state index in [0.29, 0.717) is 0 Å². The molecule has 20 heavy (non-hydrogen) atoms. The van der Waals surface area contributed by atoms with Crippen molar-refractivity contribution in [2.75, 3.05) is 11.1 Å². The zero-order chi connectivity index (χ0) is 14.8. The van der Waals surface area contributed by atoms with Crippen molar-refractivity contribution >= 4 is 17.5 Å². The Bertz CT molecular complexity index is 612. The minimum Gasteiger partial charge on any atom is -0.367 e. The van der Waals surface area contributed by atoms with Crippen molar-refractivity contribution in [1.82, 2.24) is 14.8 Å². The average Bonchev–Trinajstić information content (AvgIpc) is 2.73. The number of para-hydroxylation sites is 1. The molecule has 0 radical (unpaired) electrons. The van der Waals surface area contributed by atoms with E-state index >= 15 is 0 Å². The third-order valence-electron chi connectivity index (χ3n) is 2.87. The van der Waals surface area contributed by atoms with Gasteiger partial charge >= 0.3 is 0 Å². The van der Waals surface area contributed by atoms with Crippen molar-refractivity contribution in [3.05, 3.63) is 36.2 Å². The van der Waals surface area contributed by atoms with Crippen molar-refractivity contribution in [2.45, 2.75) is 32.7 Å². The van der Waals surface area contributed by atoms with Crippen LogP contribution >= 0.6 is 0 Å². The summed E-state index contributed by atoms with van der Waals surface area (Å²) in [4.78, 5) is 15.8. The van der Waals surface area contributed by atoms with Crippen LogP contribution in [0.25, 0.3) is 0 Å². The number of amides is 1. The summed E-state index contributed by atoms with van der Waals surface area (Å²) in [6, 6.07) is 7.78. The van der Waals surface area contributed by atoms with Crippen LogP contribution in [0, 0.1) is 0 Å². The lowest BCUT2D eigenvalue weighted by atomic mass is 9.86. The molecule has 0 saturated heterocycles. The van der Waals surface area contributed by atoms with E-state index in [1.807, 2.05) is 24.3 Å². The molecule has 0 bridgehead atoms. The van der Waals surface area contributed by atoms with Crippen LogP contribution in [0.4, 0.5) is 11.6 Å². The van der Waals surface area contributed by atoms with Crippen LogP contribution in [0.3, 0.4) is 0 Å². The number of nitrogens with zero attached hydrogens (tertiary/aromatic N) is 3. The normalized spacial score (nSPS) is 11.3. The van der Waals surface area contributed by atoms with Gasteiger partial charge in [-0.05, 0) is 17.0 Å². The lowest BCUT2D eigenvalue weighted by Crippen LogP contribution is -2.22. The molecule has 6 heteroatoms. The van der Waals surface area contributed by atoms with Crippen LogP contribution in [-0.4, -0.2) is 20.7 Å². The minimum absolute atomic E-state index is 0.0401. The molecule has 1 heterocycles. The minimum atomic E-state index is -0.161. The molecule has 1 amide bonds. The van der Waals surface area contributed by atoms with E-state index in [-0.39, 0.29) is 23.8 Å². The van der Waals surface area contributed by atoms with Crippen LogP contribution < -0.4 is 11.1 Å². The Kier molecular flexibility index (Phi) is 3.74. The largest absolute Gasteiger partial charge is 0.367 e. The van der Waals surface area contributed by atoms with Gasteiger partial charge in [0, 0.05) is 5.69 Å². The molecule has 6 nitrogen and oxygen atoms in total. The number of anilines is 2. The van der Waals surface area contributed by atoms with Crippen LogP contribution in [-0.2, 0) is 16.8 Å². The molecule has 1 aromatic carbocycles. The molecule has 1 aromatic heterocycles. The third kappa shape index (κ3) is 3.34. The second-order valence-electron chi connectivity index (χ2n) is 5.64. The van der Waals surface area contributed by atoms with Crippen LogP contribution in [0.2, 0.25) is 0 Å². The highest BCUT2D eigenvalue weighted by atomic mass is 16.2. The Morgan fingerprint density at radius 1 is 1.35 bits per heavy atom. The van der Waals surface area contributed by atoms with Gasteiger partial charge in [-0.1, -0.05) is 39.0 Å². The first-order valence-electron chi connectivity index (χ1n) is 6.40. The molecule has 0 aliphatic rings. The van der Waals surface area contributed by atoms with E-state index in [4.69, 9.17) is 5.73 Å². The smallest absolute Gasteiger partial charge is 0.246 e. The molecular weight excluding hydrogens is 254 g/mol. The molecular formula is C14H19N5O. The van der Waals surface area contributed by atoms with Gasteiger partial charge in [-0.25, -0.2) is 9.67 Å². The quantitative estimate of drug-likeness (QED) is 0.892. The summed E-state index contributed by atoms with van der Waals surface area (Å²) in [6.45, 7) is 6.41. The number of benzene rings is 1. The second-order valence-corrected chi connectivity index (χ2v) is 5.64. The Balaban J connectivity index is 2.12. The van der Waals surface area contributed by atoms with Gasteiger partial charge in [0.05, 0.1) is 0 Å². The number of carbonyl (C=O) groups excluding carboxylic acids is 1. The van der Waals surface area contributed by atoms with Crippen LogP contribution in [0.1, 0.15) is 26.3 Å². The lowest BCUT2D eigenvalue weighted by Gasteiger charge is -2.22. The summed E-state index contributed by atoms with van der Waals surface area (Å²) >= 11 is 0. The molecule has 0 aliphatic heterocycles. The molecule has 0 unspecified atom stereocenters. The van der Waals surface area contributed by atoms with Crippen molar-refractivity contribution in [2.24, 2.45) is 0 Å². The number of rotatable bonds is 3. The van der Waals surface area contributed by atoms with Gasteiger partial charge in [-0.3, -0.25) is 4.79 Å². The summed E-state index contributed by atoms with van der Waals surface area (Å²) < 4.78 is 1.41. The van der Waals surface area contributed by atoms with Gasteiger partial charge in [0.2, 0.25) is 11.9 Å². The maximum absolute atomic E-state index is 12.0. The molecule has 2 rings (SSSR count). The van der Waals surface area contributed by atoms with Gasteiger partial charge in [-0.15, -0.1) is 5.10 Å². The number of carbonyl (C=O) groups is 1. The van der Waals surface area contributed by atoms with Crippen molar-refractivity contribution in [3.63, 3.8) is 0 Å². The number of nitrogens with one attached hydrogen (secondary N) is 1. The molecule has 2 aromatic rings. The van der Waals surface area contributed by atoms with Gasteiger partial charge in [-0.2, -0.15) is 0 Å². The maximum Gasteiger partial charge on any atom is 0.246 e. The third-order valence-corrected chi connectivity index (χ3v) is 2.87. The summed E-state index contributed by atoms with van der Waals surface area (Å²) in [5, 5.41) is 6.79. The summed E-state index contributed by atoms with van der Waals surface area (Å²) in [5.74, 6) is -0.000471. The van der Waals surface area contributed by atoms with Gasteiger partial charge in [0.15, 0.2) is 0 Å². The van der Waals surface area contributed by atoms with E-state index in [0.717, 1.165) is 11.3 Å². The zero-order valence-electron chi connectivity index (χ0n) is 11.9. The maximum atomic E-state index is 12.0. The van der Waals surface area contributed by atoms with Gasteiger partial charge < -0.3 is 11.1 Å². The predicted molar refractivity (Wildman–Crippen MR) is 78.2 cm³/mol. The Hall–Kier alpha value is -2.37. The fraction of sp³-hybridized carbons (Fsp3) is 0.357. The molecule has 0 aliphatic carbocycles. The highest BCUT2D eigenvalue weighted by Crippen LogP contribution is 2.29. The Morgan fingerprint density at radius 2 is 2.05 bits per heavy atom. The van der Waals surface area contributed by atoms with Crippen LogP contribution in [0.15, 0.2) is 30.6 Å². The molecule has 0 saturated carbocycles. The zero-order valence-corrected chi connectivity index (χ0v) is 11.9. The van der Waals surface area contributed by atoms with Gasteiger partial charge in [0.1, 0.15) is 12.9 Å². The first-order chi connectivity index (χ1) is 9.36. The number of nitrogens with two attached hydrogens (primary N) is 1. The molecule has 106 valence electrons. The summed E-state index contributed by atoms with van der Waals surface area (Å²) in [7, 11) is 0. The highest BCUT2D eigenvalue weighted by Gasteiger charge is 2.18. The van der Waals surface area contributed by atoms with Crippen molar-refractivity contribution in [3.8, 4) is 0 Å². The van der Waals surface area contributed by atoms with Gasteiger partial charge in [0.25, 0.3) is 0 Å². The monoisotopic (exact) mass is 273 g/mol. The molecule has 0 atom stereocenters. The first kappa shape index (κ1) is 14.0. The average molecular weight is 273 g/mol. The summed E-state index contributed by atoms with van der Waals surface area (Å²) in [5.41, 5.74) is 7.28. The van der Waals surface area contributed by atoms with E-state index in [1.165, 1.54) is 11.0 Å². The fourth-order valence-corrected chi connectivity index (χ4v) is 1.97. The van der Waals surface area contributed by atoms with E-state index in [1.54, 1.807) is 0 Å². The standard InChI is InChI=1S/C14H19N5O/c1-14(2,3)10-6-4-5-7-11(10)17-12(20)8-19-9-16-13(15)18-19/h4-7,9H,8H2,1-3H3,(H2,15,18)(H,17,20).